The van der Waals surface area contributed by atoms with E-state index in [2.05, 4.69) is 26.7 Å². The van der Waals surface area contributed by atoms with E-state index in [9.17, 15) is 4.79 Å². The summed E-state index contributed by atoms with van der Waals surface area (Å²) in [5.74, 6) is 1.62. The summed E-state index contributed by atoms with van der Waals surface area (Å²) in [5, 5.41) is 6.79. The zero-order valence-electron chi connectivity index (χ0n) is 13.6. The maximum atomic E-state index is 11.6. The fraction of sp³-hybridized carbons (Fsp3) is 0.588. The van der Waals surface area contributed by atoms with Crippen LogP contribution in [-0.2, 0) is 4.79 Å². The highest BCUT2D eigenvalue weighted by Gasteiger charge is 2.27. The molecular weight excluding hydrogens is 290 g/mol. The number of hydrogen-bond acceptors (Lipinski definition) is 5. The Morgan fingerprint density at radius 1 is 1.26 bits per heavy atom. The van der Waals surface area contributed by atoms with E-state index in [1.165, 1.54) is 0 Å². The Labute approximate surface area is 137 Å². The van der Waals surface area contributed by atoms with Gasteiger partial charge in [-0.25, -0.2) is 9.97 Å². The van der Waals surface area contributed by atoms with E-state index in [0.29, 0.717) is 12.3 Å². The minimum Gasteiger partial charge on any atom is -0.369 e. The number of aryl methyl sites for hydroxylation is 1. The lowest BCUT2D eigenvalue weighted by Crippen LogP contribution is -2.39. The second-order valence-electron chi connectivity index (χ2n) is 6.45. The summed E-state index contributed by atoms with van der Waals surface area (Å²) >= 11 is 0. The van der Waals surface area contributed by atoms with Gasteiger partial charge in [-0.15, -0.1) is 0 Å². The minimum absolute atomic E-state index is 0.00710. The lowest BCUT2D eigenvalue weighted by Gasteiger charge is -2.28. The number of rotatable bonds is 4. The average molecular weight is 315 g/mol. The summed E-state index contributed by atoms with van der Waals surface area (Å²) in [5.41, 5.74) is 6.64. The number of allylic oxidation sites excluding steroid dienone is 1. The Balaban J connectivity index is 1.78. The fourth-order valence-electron chi connectivity index (χ4n) is 3.47. The van der Waals surface area contributed by atoms with Crippen molar-refractivity contribution in [3.8, 4) is 0 Å². The van der Waals surface area contributed by atoms with Gasteiger partial charge >= 0.3 is 0 Å². The summed E-state index contributed by atoms with van der Waals surface area (Å²) in [7, 11) is 0. The summed E-state index contributed by atoms with van der Waals surface area (Å²) < 4.78 is 0. The monoisotopic (exact) mass is 315 g/mol. The van der Waals surface area contributed by atoms with Gasteiger partial charge in [0.25, 0.3) is 0 Å². The summed E-state index contributed by atoms with van der Waals surface area (Å²) in [4.78, 5) is 20.8. The van der Waals surface area contributed by atoms with Crippen molar-refractivity contribution in [1.82, 2.24) is 15.3 Å². The molecule has 1 aromatic rings. The molecule has 2 atom stereocenters. The van der Waals surface area contributed by atoms with Crippen molar-refractivity contribution in [2.45, 2.75) is 44.6 Å². The summed E-state index contributed by atoms with van der Waals surface area (Å²) in [6, 6.07) is 2.05. The molecule has 1 aromatic heterocycles. The number of piperidine rings is 1. The first-order chi connectivity index (χ1) is 11.1. The normalized spacial score (nSPS) is 25.3. The van der Waals surface area contributed by atoms with Crippen molar-refractivity contribution in [2.75, 3.05) is 18.4 Å². The van der Waals surface area contributed by atoms with Crippen LogP contribution in [0.15, 0.2) is 18.2 Å². The molecule has 6 nitrogen and oxygen atoms in total. The van der Waals surface area contributed by atoms with Gasteiger partial charge in [-0.2, -0.15) is 0 Å². The Hall–Kier alpha value is -1.95. The maximum absolute atomic E-state index is 11.6. The van der Waals surface area contributed by atoms with E-state index in [-0.39, 0.29) is 17.9 Å². The highest BCUT2D eigenvalue weighted by atomic mass is 16.1. The van der Waals surface area contributed by atoms with Crippen molar-refractivity contribution < 1.29 is 4.79 Å². The predicted octanol–water partition coefficient (Wildman–Crippen LogP) is 1.48. The van der Waals surface area contributed by atoms with Crippen LogP contribution in [0.1, 0.15) is 43.1 Å². The quantitative estimate of drug-likeness (QED) is 0.732. The number of carbonyl (C=O) groups excluding carboxylic acids is 1. The molecule has 1 aliphatic heterocycles. The zero-order chi connectivity index (χ0) is 16.2. The zero-order valence-corrected chi connectivity index (χ0v) is 13.6. The van der Waals surface area contributed by atoms with Gasteiger partial charge in [0.15, 0.2) is 0 Å². The Morgan fingerprint density at radius 3 is 2.74 bits per heavy atom. The Kier molecular flexibility index (Phi) is 4.91. The number of anilines is 1. The van der Waals surface area contributed by atoms with E-state index in [1.807, 2.05) is 19.1 Å². The smallest absolute Gasteiger partial charge is 0.222 e. The van der Waals surface area contributed by atoms with Crippen LogP contribution in [0.4, 0.5) is 5.82 Å². The average Bonchev–Trinajstić information content (AvgIpc) is 2.55. The van der Waals surface area contributed by atoms with E-state index >= 15 is 0 Å². The van der Waals surface area contributed by atoms with E-state index in [4.69, 9.17) is 5.73 Å². The van der Waals surface area contributed by atoms with E-state index in [0.717, 1.165) is 49.7 Å². The minimum atomic E-state index is -0.254. The molecule has 4 N–H and O–H groups in total. The summed E-state index contributed by atoms with van der Waals surface area (Å²) in [6.45, 7) is 3.99. The fourth-order valence-corrected chi connectivity index (χ4v) is 3.47. The van der Waals surface area contributed by atoms with Crippen molar-refractivity contribution in [3.63, 3.8) is 0 Å². The largest absolute Gasteiger partial charge is 0.369 e. The van der Waals surface area contributed by atoms with Crippen molar-refractivity contribution >= 4 is 11.7 Å². The molecule has 0 aromatic carbocycles. The van der Waals surface area contributed by atoms with Crippen LogP contribution in [0, 0.1) is 12.8 Å². The Morgan fingerprint density at radius 2 is 2.00 bits per heavy atom. The van der Waals surface area contributed by atoms with Gasteiger partial charge in [0.1, 0.15) is 11.6 Å². The van der Waals surface area contributed by atoms with Crippen molar-refractivity contribution in [3.05, 3.63) is 29.7 Å². The summed E-state index contributed by atoms with van der Waals surface area (Å²) in [6.07, 6.45) is 7.81. The number of aromatic nitrogens is 2. The number of primary amides is 1. The number of nitrogens with one attached hydrogen (secondary N) is 2. The van der Waals surface area contributed by atoms with Crippen LogP contribution >= 0.6 is 0 Å². The van der Waals surface area contributed by atoms with Crippen molar-refractivity contribution in [1.29, 1.82) is 0 Å². The topological polar surface area (TPSA) is 92.9 Å². The first kappa shape index (κ1) is 15.9. The number of carbonyl (C=O) groups is 1. The van der Waals surface area contributed by atoms with Crippen LogP contribution in [0.5, 0.6) is 0 Å². The highest BCUT2D eigenvalue weighted by Crippen LogP contribution is 2.27. The number of nitrogens with two attached hydrogens (primary N) is 1. The molecule has 2 aliphatic rings. The molecule has 124 valence electrons. The number of nitrogens with zero attached hydrogens (tertiary/aromatic N) is 2. The van der Waals surface area contributed by atoms with Crippen LogP contribution in [0.25, 0.3) is 0 Å². The molecule has 3 rings (SSSR count). The third kappa shape index (κ3) is 3.88. The third-order valence-electron chi connectivity index (χ3n) is 4.75. The van der Waals surface area contributed by atoms with Gasteiger partial charge in [-0.05, 0) is 45.7 Å². The van der Waals surface area contributed by atoms with Gasteiger partial charge < -0.3 is 16.4 Å². The molecule has 0 saturated carbocycles. The predicted molar refractivity (Wildman–Crippen MR) is 90.1 cm³/mol. The highest BCUT2D eigenvalue weighted by molar-refractivity contribution is 5.78. The van der Waals surface area contributed by atoms with Crippen molar-refractivity contribution in [2.24, 2.45) is 11.7 Å². The van der Waals surface area contributed by atoms with Gasteiger partial charge in [0, 0.05) is 23.7 Å². The van der Waals surface area contributed by atoms with Gasteiger partial charge in [-0.3, -0.25) is 4.79 Å². The lowest BCUT2D eigenvalue weighted by molar-refractivity contribution is -0.122. The van der Waals surface area contributed by atoms with Crippen LogP contribution < -0.4 is 16.4 Å². The second kappa shape index (κ2) is 7.08. The van der Waals surface area contributed by atoms with Crippen LogP contribution in [0.2, 0.25) is 0 Å². The van der Waals surface area contributed by atoms with E-state index in [1.54, 1.807) is 0 Å². The van der Waals surface area contributed by atoms with Gasteiger partial charge in [0.05, 0.1) is 5.92 Å². The molecule has 0 unspecified atom stereocenters. The number of amides is 1. The third-order valence-corrected chi connectivity index (χ3v) is 4.75. The molecule has 23 heavy (non-hydrogen) atoms. The van der Waals surface area contributed by atoms with Gasteiger partial charge in [-0.1, -0.05) is 12.2 Å². The van der Waals surface area contributed by atoms with Crippen LogP contribution in [-0.4, -0.2) is 35.0 Å². The van der Waals surface area contributed by atoms with E-state index < -0.39 is 0 Å². The molecule has 0 bridgehead atoms. The standard InChI is InChI=1S/C17H25N5O/c1-11-20-15(12-6-8-19-9-7-12)10-16(21-11)22-14-5-3-2-4-13(14)17(18)23/h2-3,10,12-14,19H,4-9H2,1H3,(H2,18,23)(H,20,21,22)/t13-,14+/m1/s1. The lowest BCUT2D eigenvalue weighted by atomic mass is 9.88. The molecule has 0 radical (unpaired) electrons. The van der Waals surface area contributed by atoms with Gasteiger partial charge in [0.2, 0.25) is 5.91 Å². The molecular formula is C17H25N5O. The molecule has 1 saturated heterocycles. The number of hydrogen-bond donors (Lipinski definition) is 3. The second-order valence-corrected chi connectivity index (χ2v) is 6.45. The maximum Gasteiger partial charge on any atom is 0.222 e. The Bertz CT molecular complexity index is 595. The molecule has 1 fully saturated rings. The molecule has 0 spiro atoms. The molecule has 1 aliphatic carbocycles. The molecule has 6 heteroatoms. The first-order valence-corrected chi connectivity index (χ1v) is 8.40. The SMILES string of the molecule is Cc1nc(N[C@H]2CC=CC[C@H]2C(N)=O)cc(C2CCNCC2)n1. The first-order valence-electron chi connectivity index (χ1n) is 8.40. The molecule has 1 amide bonds. The molecule has 2 heterocycles. The van der Waals surface area contributed by atoms with Crippen LogP contribution in [0.3, 0.4) is 0 Å².